The molecular weight excluding hydrogens is 251 g/mol. The first-order valence-electron chi connectivity index (χ1n) is 7.64. The highest BCUT2D eigenvalue weighted by atomic mass is 19.1. The predicted octanol–water partition coefficient (Wildman–Crippen LogP) is 3.84. The summed E-state index contributed by atoms with van der Waals surface area (Å²) in [6, 6.07) is 7.57. The molecule has 2 nitrogen and oxygen atoms in total. The molecule has 0 saturated heterocycles. The van der Waals surface area contributed by atoms with Gasteiger partial charge in [-0.15, -0.1) is 0 Å². The van der Waals surface area contributed by atoms with Crippen molar-refractivity contribution in [2.75, 3.05) is 20.1 Å². The van der Waals surface area contributed by atoms with E-state index in [0.717, 1.165) is 25.1 Å². The first-order valence-corrected chi connectivity index (χ1v) is 7.64. The molecule has 1 aromatic rings. The Labute approximate surface area is 123 Å². The quantitative estimate of drug-likeness (QED) is 0.778. The van der Waals surface area contributed by atoms with E-state index in [2.05, 4.69) is 45.0 Å². The minimum absolute atomic E-state index is 0.0852. The van der Waals surface area contributed by atoms with Crippen LogP contribution in [0.5, 0.6) is 0 Å². The Morgan fingerprint density at radius 3 is 2.35 bits per heavy atom. The summed E-state index contributed by atoms with van der Waals surface area (Å²) in [4.78, 5) is 2.27. The molecule has 0 amide bonds. The van der Waals surface area contributed by atoms with Gasteiger partial charge in [-0.3, -0.25) is 4.90 Å². The molecule has 0 radical (unpaired) electrons. The zero-order chi connectivity index (χ0) is 15.1. The Kier molecular flexibility index (Phi) is 7.17. The number of hydrogen-bond donors (Lipinski definition) is 1. The molecule has 0 aliphatic carbocycles. The van der Waals surface area contributed by atoms with E-state index < -0.39 is 0 Å². The van der Waals surface area contributed by atoms with Crippen LogP contribution in [0.3, 0.4) is 0 Å². The second-order valence-corrected chi connectivity index (χ2v) is 5.98. The maximum absolute atomic E-state index is 13.9. The largest absolute Gasteiger partial charge is 0.315 e. The summed E-state index contributed by atoms with van der Waals surface area (Å²) in [5, 5.41) is 3.50. The Balaban J connectivity index is 2.65. The number of nitrogens with one attached hydrogen (secondary N) is 1. The average molecular weight is 280 g/mol. The van der Waals surface area contributed by atoms with Crippen LogP contribution in [0, 0.1) is 11.7 Å². The lowest BCUT2D eigenvalue weighted by Gasteiger charge is -2.33. The highest BCUT2D eigenvalue weighted by Crippen LogP contribution is 2.23. The third-order valence-electron chi connectivity index (χ3n) is 3.95. The maximum atomic E-state index is 13.9. The van der Waals surface area contributed by atoms with Gasteiger partial charge in [0.2, 0.25) is 0 Å². The van der Waals surface area contributed by atoms with E-state index in [9.17, 15) is 4.39 Å². The standard InChI is InChI=1S/C17H29FN2/c1-6-15(12-19-11-13(2)3)20(5)14(4)16-9-7-8-10-17(16)18/h7-10,13-15,19H,6,11-12H2,1-5H3. The first-order chi connectivity index (χ1) is 9.47. The smallest absolute Gasteiger partial charge is 0.127 e. The van der Waals surface area contributed by atoms with Crippen LogP contribution in [0.2, 0.25) is 0 Å². The minimum Gasteiger partial charge on any atom is -0.315 e. The summed E-state index contributed by atoms with van der Waals surface area (Å²) >= 11 is 0. The third kappa shape index (κ3) is 4.88. The van der Waals surface area contributed by atoms with Gasteiger partial charge in [0.25, 0.3) is 0 Å². The van der Waals surface area contributed by atoms with Crippen molar-refractivity contribution in [2.45, 2.75) is 46.2 Å². The van der Waals surface area contributed by atoms with Gasteiger partial charge < -0.3 is 5.32 Å². The van der Waals surface area contributed by atoms with Crippen molar-refractivity contribution in [1.29, 1.82) is 0 Å². The lowest BCUT2D eigenvalue weighted by molar-refractivity contribution is 0.172. The summed E-state index contributed by atoms with van der Waals surface area (Å²) in [5.74, 6) is 0.540. The van der Waals surface area contributed by atoms with Gasteiger partial charge in [0.05, 0.1) is 0 Å². The van der Waals surface area contributed by atoms with Crippen LogP contribution in [0.15, 0.2) is 24.3 Å². The Morgan fingerprint density at radius 1 is 1.15 bits per heavy atom. The highest BCUT2D eigenvalue weighted by molar-refractivity contribution is 5.20. The van der Waals surface area contributed by atoms with Gasteiger partial charge in [-0.05, 0) is 38.9 Å². The lowest BCUT2D eigenvalue weighted by atomic mass is 10.0. The van der Waals surface area contributed by atoms with Crippen molar-refractivity contribution < 1.29 is 4.39 Å². The van der Waals surface area contributed by atoms with E-state index in [4.69, 9.17) is 0 Å². The Morgan fingerprint density at radius 2 is 1.80 bits per heavy atom. The number of hydrogen-bond acceptors (Lipinski definition) is 2. The topological polar surface area (TPSA) is 15.3 Å². The summed E-state index contributed by atoms with van der Waals surface area (Å²) in [6.07, 6.45) is 1.06. The predicted molar refractivity (Wildman–Crippen MR) is 84.4 cm³/mol. The van der Waals surface area contributed by atoms with Crippen LogP contribution < -0.4 is 5.32 Å². The zero-order valence-electron chi connectivity index (χ0n) is 13.5. The SMILES string of the molecule is CCC(CNCC(C)C)N(C)C(C)c1ccccc1F. The summed E-state index contributed by atoms with van der Waals surface area (Å²) in [5.41, 5.74) is 0.775. The normalized spacial score (nSPS) is 14.8. The van der Waals surface area contributed by atoms with Crippen molar-refractivity contribution in [3.8, 4) is 0 Å². The third-order valence-corrected chi connectivity index (χ3v) is 3.95. The summed E-state index contributed by atoms with van der Waals surface area (Å²) < 4.78 is 13.9. The van der Waals surface area contributed by atoms with Gasteiger partial charge in [-0.2, -0.15) is 0 Å². The number of benzene rings is 1. The number of likely N-dealkylation sites (N-methyl/N-ethyl adjacent to an activating group) is 1. The molecule has 114 valence electrons. The molecule has 3 heteroatoms. The van der Waals surface area contributed by atoms with Crippen molar-refractivity contribution in [1.82, 2.24) is 10.2 Å². The van der Waals surface area contributed by atoms with Crippen LogP contribution in [-0.4, -0.2) is 31.1 Å². The van der Waals surface area contributed by atoms with Crippen molar-refractivity contribution >= 4 is 0 Å². The van der Waals surface area contributed by atoms with Gasteiger partial charge in [0, 0.05) is 24.2 Å². The number of nitrogens with zero attached hydrogens (tertiary/aromatic N) is 1. The van der Waals surface area contributed by atoms with Crippen LogP contribution in [-0.2, 0) is 0 Å². The fourth-order valence-corrected chi connectivity index (χ4v) is 2.46. The van der Waals surface area contributed by atoms with Gasteiger partial charge in [-0.25, -0.2) is 4.39 Å². The van der Waals surface area contributed by atoms with E-state index in [1.165, 1.54) is 6.07 Å². The fourth-order valence-electron chi connectivity index (χ4n) is 2.46. The average Bonchev–Trinajstić information content (AvgIpc) is 2.42. The lowest BCUT2D eigenvalue weighted by Crippen LogP contribution is -2.42. The first kappa shape index (κ1) is 17.1. The molecule has 0 saturated carbocycles. The molecule has 0 aliphatic heterocycles. The molecule has 1 N–H and O–H groups in total. The Hall–Kier alpha value is -0.930. The van der Waals surface area contributed by atoms with Crippen LogP contribution in [0.4, 0.5) is 4.39 Å². The minimum atomic E-state index is -0.114. The zero-order valence-corrected chi connectivity index (χ0v) is 13.5. The monoisotopic (exact) mass is 280 g/mol. The van der Waals surface area contributed by atoms with Crippen molar-refractivity contribution in [3.63, 3.8) is 0 Å². The van der Waals surface area contributed by atoms with Crippen LogP contribution >= 0.6 is 0 Å². The molecule has 20 heavy (non-hydrogen) atoms. The second kappa shape index (κ2) is 8.38. The van der Waals surface area contributed by atoms with Crippen molar-refractivity contribution in [3.05, 3.63) is 35.6 Å². The van der Waals surface area contributed by atoms with E-state index >= 15 is 0 Å². The van der Waals surface area contributed by atoms with Crippen molar-refractivity contribution in [2.24, 2.45) is 5.92 Å². The molecule has 1 aromatic carbocycles. The molecular formula is C17H29FN2. The molecule has 0 aliphatic rings. The molecule has 0 heterocycles. The van der Waals surface area contributed by atoms with Gasteiger partial charge in [0.15, 0.2) is 0 Å². The molecule has 0 bridgehead atoms. The van der Waals surface area contributed by atoms with Gasteiger partial charge >= 0.3 is 0 Å². The van der Waals surface area contributed by atoms with E-state index in [1.807, 2.05) is 12.1 Å². The number of rotatable bonds is 8. The molecule has 2 unspecified atom stereocenters. The van der Waals surface area contributed by atoms with Gasteiger partial charge in [0.1, 0.15) is 5.82 Å². The second-order valence-electron chi connectivity index (χ2n) is 5.98. The molecule has 0 aromatic heterocycles. The van der Waals surface area contributed by atoms with Gasteiger partial charge in [-0.1, -0.05) is 39.0 Å². The maximum Gasteiger partial charge on any atom is 0.127 e. The molecule has 2 atom stereocenters. The fraction of sp³-hybridized carbons (Fsp3) is 0.647. The van der Waals surface area contributed by atoms with Crippen LogP contribution in [0.25, 0.3) is 0 Å². The number of halogens is 1. The van der Waals surface area contributed by atoms with Crippen LogP contribution in [0.1, 0.15) is 45.7 Å². The molecule has 1 rings (SSSR count). The molecule has 0 fully saturated rings. The Bertz CT molecular complexity index is 392. The van der Waals surface area contributed by atoms with E-state index in [1.54, 1.807) is 6.07 Å². The van der Waals surface area contributed by atoms with E-state index in [0.29, 0.717) is 12.0 Å². The molecule has 0 spiro atoms. The summed E-state index contributed by atoms with van der Waals surface area (Å²) in [7, 11) is 2.09. The highest BCUT2D eigenvalue weighted by Gasteiger charge is 2.21. The van der Waals surface area contributed by atoms with E-state index in [-0.39, 0.29) is 11.9 Å². The summed E-state index contributed by atoms with van der Waals surface area (Å²) in [6.45, 7) is 10.7.